The van der Waals surface area contributed by atoms with Gasteiger partial charge in [0.15, 0.2) is 5.82 Å². The smallest absolute Gasteiger partial charge is 0.233 e. The second-order valence-corrected chi connectivity index (χ2v) is 5.69. The van der Waals surface area contributed by atoms with E-state index in [2.05, 4.69) is 16.2 Å². The summed E-state index contributed by atoms with van der Waals surface area (Å²) in [6.07, 6.45) is 7.40. The van der Waals surface area contributed by atoms with E-state index in [1.165, 1.54) is 18.6 Å². The van der Waals surface area contributed by atoms with E-state index in [0.29, 0.717) is 5.25 Å². The SMILES string of the molecule is NC1C=CC(c2nc(C3CCCS3)no2)C1. The van der Waals surface area contributed by atoms with E-state index < -0.39 is 0 Å². The van der Waals surface area contributed by atoms with E-state index in [9.17, 15) is 0 Å². The highest BCUT2D eigenvalue weighted by Gasteiger charge is 2.27. The molecule has 86 valence electrons. The molecule has 0 bridgehead atoms. The van der Waals surface area contributed by atoms with Crippen LogP contribution >= 0.6 is 11.8 Å². The molecule has 5 heteroatoms. The van der Waals surface area contributed by atoms with Crippen LogP contribution in [0.25, 0.3) is 0 Å². The van der Waals surface area contributed by atoms with E-state index in [-0.39, 0.29) is 12.0 Å². The molecule has 1 saturated heterocycles. The molecule has 2 heterocycles. The molecule has 3 atom stereocenters. The molecule has 1 aliphatic heterocycles. The number of allylic oxidation sites excluding steroid dienone is 1. The minimum absolute atomic E-state index is 0.140. The van der Waals surface area contributed by atoms with Gasteiger partial charge >= 0.3 is 0 Å². The van der Waals surface area contributed by atoms with E-state index in [4.69, 9.17) is 10.3 Å². The molecule has 0 amide bonds. The summed E-state index contributed by atoms with van der Waals surface area (Å²) in [5.74, 6) is 3.03. The molecular weight excluding hydrogens is 222 g/mol. The average molecular weight is 237 g/mol. The zero-order valence-corrected chi connectivity index (χ0v) is 9.82. The maximum absolute atomic E-state index is 5.81. The van der Waals surface area contributed by atoms with E-state index in [1.54, 1.807) is 0 Å². The first-order valence-corrected chi connectivity index (χ1v) is 6.77. The molecule has 1 aromatic rings. The number of nitrogens with zero attached hydrogens (tertiary/aromatic N) is 2. The Hall–Kier alpha value is -0.810. The standard InChI is InChI=1S/C11H15N3OS/c12-8-4-3-7(6-8)11-13-10(14-15-11)9-2-1-5-16-9/h3-4,7-9H,1-2,5-6,12H2. The maximum Gasteiger partial charge on any atom is 0.233 e. The second kappa shape index (κ2) is 4.22. The number of rotatable bonds is 2. The van der Waals surface area contributed by atoms with Gasteiger partial charge in [0.2, 0.25) is 5.89 Å². The van der Waals surface area contributed by atoms with Crippen molar-refractivity contribution in [3.05, 3.63) is 23.9 Å². The maximum atomic E-state index is 5.81. The summed E-state index contributed by atoms with van der Waals surface area (Å²) in [6.45, 7) is 0. The van der Waals surface area contributed by atoms with E-state index in [1.807, 2.05) is 17.8 Å². The van der Waals surface area contributed by atoms with Gasteiger partial charge in [0.05, 0.1) is 11.2 Å². The van der Waals surface area contributed by atoms with Gasteiger partial charge in [-0.2, -0.15) is 16.7 Å². The van der Waals surface area contributed by atoms with Crippen molar-refractivity contribution >= 4 is 11.8 Å². The topological polar surface area (TPSA) is 64.9 Å². The number of hydrogen-bond donors (Lipinski definition) is 1. The first-order chi connectivity index (χ1) is 7.83. The number of aromatic nitrogens is 2. The van der Waals surface area contributed by atoms with Crippen LogP contribution in [0.2, 0.25) is 0 Å². The second-order valence-electron chi connectivity index (χ2n) is 4.38. The lowest BCUT2D eigenvalue weighted by Gasteiger charge is -2.02. The Bertz CT molecular complexity index is 398. The van der Waals surface area contributed by atoms with Crippen molar-refractivity contribution < 1.29 is 4.52 Å². The van der Waals surface area contributed by atoms with Crippen molar-refractivity contribution in [2.45, 2.75) is 36.5 Å². The highest BCUT2D eigenvalue weighted by atomic mass is 32.2. The molecule has 1 fully saturated rings. The van der Waals surface area contributed by atoms with Crippen LogP contribution in [0.5, 0.6) is 0 Å². The quantitative estimate of drug-likeness (QED) is 0.797. The van der Waals surface area contributed by atoms with Crippen LogP contribution in [0.1, 0.15) is 42.1 Å². The van der Waals surface area contributed by atoms with Crippen molar-refractivity contribution in [3.8, 4) is 0 Å². The first kappa shape index (κ1) is 10.4. The van der Waals surface area contributed by atoms with E-state index in [0.717, 1.165) is 18.1 Å². The van der Waals surface area contributed by atoms with Gasteiger partial charge in [-0.25, -0.2) is 0 Å². The molecule has 16 heavy (non-hydrogen) atoms. The summed E-state index contributed by atoms with van der Waals surface area (Å²) < 4.78 is 5.33. The predicted molar refractivity (Wildman–Crippen MR) is 63.2 cm³/mol. The van der Waals surface area contributed by atoms with Crippen LogP contribution in [-0.4, -0.2) is 21.9 Å². The van der Waals surface area contributed by atoms with Gasteiger partial charge in [0, 0.05) is 6.04 Å². The third-order valence-electron chi connectivity index (χ3n) is 3.11. The van der Waals surface area contributed by atoms with Crippen molar-refractivity contribution in [2.24, 2.45) is 5.73 Å². The van der Waals surface area contributed by atoms with Gasteiger partial charge in [-0.15, -0.1) is 0 Å². The highest BCUT2D eigenvalue weighted by molar-refractivity contribution is 7.99. The Morgan fingerprint density at radius 1 is 1.44 bits per heavy atom. The van der Waals surface area contributed by atoms with E-state index >= 15 is 0 Å². The van der Waals surface area contributed by atoms with Crippen LogP contribution in [0.15, 0.2) is 16.7 Å². The zero-order chi connectivity index (χ0) is 11.0. The van der Waals surface area contributed by atoms with Gasteiger partial charge in [0.1, 0.15) is 0 Å². The Morgan fingerprint density at radius 3 is 3.06 bits per heavy atom. The first-order valence-electron chi connectivity index (χ1n) is 5.72. The Labute approximate surface area is 98.7 Å². The molecule has 0 radical (unpaired) electrons. The Morgan fingerprint density at radius 2 is 2.38 bits per heavy atom. The molecule has 3 unspecified atom stereocenters. The molecule has 2 aliphatic rings. The Kier molecular flexibility index (Phi) is 2.73. The highest BCUT2D eigenvalue weighted by Crippen LogP contribution is 2.39. The van der Waals surface area contributed by atoms with Gasteiger partial charge in [-0.1, -0.05) is 17.3 Å². The normalized spacial score (nSPS) is 33.7. The third kappa shape index (κ3) is 1.89. The monoisotopic (exact) mass is 237 g/mol. The Balaban J connectivity index is 1.75. The van der Waals surface area contributed by atoms with Crippen LogP contribution in [0, 0.1) is 0 Å². The molecule has 1 aliphatic carbocycles. The van der Waals surface area contributed by atoms with Crippen LogP contribution < -0.4 is 5.73 Å². The largest absolute Gasteiger partial charge is 0.339 e. The summed E-state index contributed by atoms with van der Waals surface area (Å²) in [5.41, 5.74) is 5.81. The fraction of sp³-hybridized carbons (Fsp3) is 0.636. The fourth-order valence-corrected chi connectivity index (χ4v) is 3.42. The lowest BCUT2D eigenvalue weighted by molar-refractivity contribution is 0.359. The molecule has 0 spiro atoms. The molecule has 0 aromatic carbocycles. The van der Waals surface area contributed by atoms with Gasteiger partial charge in [0.25, 0.3) is 0 Å². The molecule has 3 rings (SSSR count). The average Bonchev–Trinajstić information content (AvgIpc) is 2.97. The minimum atomic E-state index is 0.140. The van der Waals surface area contributed by atoms with Crippen molar-refractivity contribution in [3.63, 3.8) is 0 Å². The number of nitrogens with two attached hydrogens (primary N) is 1. The lowest BCUT2D eigenvalue weighted by atomic mass is 10.1. The van der Waals surface area contributed by atoms with Crippen LogP contribution in [-0.2, 0) is 0 Å². The summed E-state index contributed by atoms with van der Waals surface area (Å²) in [6, 6.07) is 0.140. The zero-order valence-electron chi connectivity index (χ0n) is 9.00. The summed E-state index contributed by atoms with van der Waals surface area (Å²) >= 11 is 1.92. The number of hydrogen-bond acceptors (Lipinski definition) is 5. The summed E-state index contributed by atoms with van der Waals surface area (Å²) in [4.78, 5) is 4.50. The molecule has 2 N–H and O–H groups in total. The molecule has 1 aromatic heterocycles. The number of thioether (sulfide) groups is 1. The molecule has 0 saturated carbocycles. The molecular formula is C11H15N3OS. The summed E-state index contributed by atoms with van der Waals surface area (Å²) in [5, 5.41) is 4.53. The minimum Gasteiger partial charge on any atom is -0.339 e. The van der Waals surface area contributed by atoms with Crippen molar-refractivity contribution in [1.82, 2.24) is 10.1 Å². The van der Waals surface area contributed by atoms with Crippen LogP contribution in [0.3, 0.4) is 0 Å². The van der Waals surface area contributed by atoms with Crippen molar-refractivity contribution in [2.75, 3.05) is 5.75 Å². The van der Waals surface area contributed by atoms with Gasteiger partial charge in [-0.05, 0) is 25.0 Å². The van der Waals surface area contributed by atoms with Gasteiger partial charge < -0.3 is 10.3 Å². The van der Waals surface area contributed by atoms with Gasteiger partial charge in [-0.3, -0.25) is 0 Å². The molecule has 4 nitrogen and oxygen atoms in total. The summed E-state index contributed by atoms with van der Waals surface area (Å²) in [7, 11) is 0. The van der Waals surface area contributed by atoms with Crippen LogP contribution in [0.4, 0.5) is 0 Å². The van der Waals surface area contributed by atoms with Crippen molar-refractivity contribution in [1.29, 1.82) is 0 Å². The predicted octanol–water partition coefficient (Wildman–Crippen LogP) is 2.01. The third-order valence-corrected chi connectivity index (χ3v) is 4.48. The fourth-order valence-electron chi connectivity index (χ4n) is 2.22. The lowest BCUT2D eigenvalue weighted by Crippen LogP contribution is -2.14.